The van der Waals surface area contributed by atoms with Gasteiger partial charge in [0.2, 0.25) is 5.13 Å². The zero-order chi connectivity index (χ0) is 24.4. The highest BCUT2D eigenvalue weighted by atomic mass is 79.9. The highest BCUT2D eigenvalue weighted by Gasteiger charge is 2.12. The minimum atomic E-state index is 0.585. The van der Waals surface area contributed by atoms with Gasteiger partial charge in [-0.3, -0.25) is 0 Å². The van der Waals surface area contributed by atoms with E-state index in [0.717, 1.165) is 54.0 Å². The molecule has 0 amide bonds. The highest BCUT2D eigenvalue weighted by molar-refractivity contribution is 9.10. The summed E-state index contributed by atoms with van der Waals surface area (Å²) >= 11 is 5.07. The fourth-order valence-electron chi connectivity index (χ4n) is 3.80. The van der Waals surface area contributed by atoms with Gasteiger partial charge >= 0.3 is 0 Å². The van der Waals surface area contributed by atoms with Gasteiger partial charge in [0.15, 0.2) is 0 Å². The molecule has 0 aliphatic rings. The van der Waals surface area contributed by atoms with Gasteiger partial charge in [-0.05, 0) is 68.4 Å². The Hall–Kier alpha value is -3.42. The number of fused-ring (bicyclic) bond motifs is 1. The van der Waals surface area contributed by atoms with E-state index in [-0.39, 0.29) is 0 Å². The maximum atomic E-state index is 6.26. The number of aryl methyl sites for hydroxylation is 1. The topological polar surface area (TPSA) is 56.9 Å². The fourth-order valence-corrected chi connectivity index (χ4v) is 4.88. The predicted molar refractivity (Wildman–Crippen MR) is 145 cm³/mol. The number of ether oxygens (including phenoxy) is 2. The van der Waals surface area contributed by atoms with Crippen LogP contribution in [-0.2, 0) is 0 Å². The van der Waals surface area contributed by atoms with E-state index in [0.29, 0.717) is 17.5 Å². The van der Waals surface area contributed by atoms with E-state index in [9.17, 15) is 0 Å². The van der Waals surface area contributed by atoms with Crippen molar-refractivity contribution >= 4 is 43.4 Å². The molecule has 5 rings (SSSR count). The minimum absolute atomic E-state index is 0.585. The van der Waals surface area contributed by atoms with Gasteiger partial charge in [-0.1, -0.05) is 39.4 Å². The molecule has 0 bridgehead atoms. The van der Waals surface area contributed by atoms with Crippen LogP contribution in [0.5, 0.6) is 11.5 Å². The third kappa shape index (κ3) is 5.01. The van der Waals surface area contributed by atoms with Crippen molar-refractivity contribution < 1.29 is 13.9 Å². The van der Waals surface area contributed by atoms with Gasteiger partial charge in [0.1, 0.15) is 22.8 Å². The zero-order valence-electron chi connectivity index (χ0n) is 19.5. The average Bonchev–Trinajstić information content (AvgIpc) is 3.24. The molecule has 0 radical (unpaired) electrons. The Morgan fingerprint density at radius 1 is 0.943 bits per heavy atom. The smallest absolute Gasteiger partial charge is 0.210 e. The van der Waals surface area contributed by atoms with E-state index < -0.39 is 0 Å². The summed E-state index contributed by atoms with van der Waals surface area (Å²) in [5.41, 5.74) is 3.66. The van der Waals surface area contributed by atoms with Crippen LogP contribution in [0.25, 0.3) is 33.6 Å². The molecular formula is C28H23BrN2O3S. The van der Waals surface area contributed by atoms with Gasteiger partial charge in [-0.15, -0.1) is 0 Å². The van der Waals surface area contributed by atoms with Crippen LogP contribution in [0.4, 0.5) is 5.13 Å². The summed E-state index contributed by atoms with van der Waals surface area (Å²) in [7, 11) is 1.65. The minimum Gasteiger partial charge on any atom is -0.497 e. The maximum absolute atomic E-state index is 6.26. The highest BCUT2D eigenvalue weighted by Crippen LogP contribution is 2.33. The van der Waals surface area contributed by atoms with Gasteiger partial charge in [0.25, 0.3) is 0 Å². The van der Waals surface area contributed by atoms with Crippen molar-refractivity contribution in [1.29, 1.82) is 0 Å². The average molecular weight is 547 g/mol. The Labute approximate surface area is 215 Å². The number of nitrogens with zero attached hydrogens (tertiary/aromatic N) is 2. The van der Waals surface area contributed by atoms with E-state index in [1.807, 2.05) is 67.6 Å². The summed E-state index contributed by atoms with van der Waals surface area (Å²) in [6.45, 7) is 4.62. The lowest BCUT2D eigenvalue weighted by Gasteiger charge is -2.08. The molecular weight excluding hydrogens is 524 g/mol. The number of benzene rings is 3. The molecule has 2 heterocycles. The van der Waals surface area contributed by atoms with Crippen LogP contribution >= 0.6 is 27.3 Å². The van der Waals surface area contributed by atoms with Crippen molar-refractivity contribution in [1.82, 2.24) is 4.98 Å². The first-order chi connectivity index (χ1) is 17.0. The molecule has 0 saturated carbocycles. The number of rotatable bonds is 6. The molecule has 0 saturated heterocycles. The quantitative estimate of drug-likeness (QED) is 0.217. The molecule has 0 aliphatic heterocycles. The number of methoxy groups -OCH3 is 1. The van der Waals surface area contributed by atoms with Crippen LogP contribution in [-0.4, -0.2) is 18.7 Å². The molecule has 5 aromatic rings. The fraction of sp³-hybridized carbons (Fsp3) is 0.143. The molecule has 0 unspecified atom stereocenters. The van der Waals surface area contributed by atoms with Gasteiger partial charge in [0, 0.05) is 31.9 Å². The first-order valence-electron chi connectivity index (χ1n) is 11.2. The Balaban J connectivity index is 1.67. The SMILES string of the molecule is CCOc1ccc2oc(-c3ccc(OC)cc3)cc(=Nc3nc(-c4ccc(Br)cc4)c(C)s3)c2c1. The predicted octanol–water partition coefficient (Wildman–Crippen LogP) is 7.93. The van der Waals surface area contributed by atoms with Crippen molar-refractivity contribution in [3.8, 4) is 34.1 Å². The molecule has 0 N–H and O–H groups in total. The molecule has 5 nitrogen and oxygen atoms in total. The van der Waals surface area contributed by atoms with Crippen molar-refractivity contribution in [2.75, 3.05) is 13.7 Å². The van der Waals surface area contributed by atoms with E-state index in [4.69, 9.17) is 23.9 Å². The largest absolute Gasteiger partial charge is 0.497 e. The molecule has 2 aromatic heterocycles. The lowest BCUT2D eigenvalue weighted by molar-refractivity contribution is 0.340. The Kier molecular flexibility index (Phi) is 6.70. The van der Waals surface area contributed by atoms with Gasteiger partial charge in [0.05, 0.1) is 24.8 Å². The van der Waals surface area contributed by atoms with E-state index >= 15 is 0 Å². The molecule has 0 aliphatic carbocycles. The van der Waals surface area contributed by atoms with Crippen LogP contribution < -0.4 is 14.8 Å². The summed E-state index contributed by atoms with van der Waals surface area (Å²) in [4.78, 5) is 10.9. The van der Waals surface area contributed by atoms with Gasteiger partial charge < -0.3 is 13.9 Å². The molecule has 0 spiro atoms. The summed E-state index contributed by atoms with van der Waals surface area (Å²) in [6.07, 6.45) is 0. The standard InChI is InChI=1S/C28H23BrN2O3S/c1-4-33-22-13-14-25-23(15-22)24(16-26(34-25)18-7-11-21(32-3)12-8-18)30-28-31-27(17(2)35-28)19-5-9-20(29)10-6-19/h5-16H,4H2,1-3H3. The second kappa shape index (κ2) is 10.1. The monoisotopic (exact) mass is 546 g/mol. The lowest BCUT2D eigenvalue weighted by Crippen LogP contribution is -2.04. The number of aromatic nitrogens is 1. The second-order valence-corrected chi connectivity index (χ2v) is 9.93. The molecule has 0 atom stereocenters. The van der Waals surface area contributed by atoms with Crippen LogP contribution in [0.15, 0.2) is 86.7 Å². The van der Waals surface area contributed by atoms with Gasteiger partial charge in [-0.2, -0.15) is 0 Å². The molecule has 35 heavy (non-hydrogen) atoms. The van der Waals surface area contributed by atoms with Crippen molar-refractivity contribution in [3.05, 3.63) is 87.5 Å². The van der Waals surface area contributed by atoms with Crippen LogP contribution in [0.3, 0.4) is 0 Å². The van der Waals surface area contributed by atoms with Crippen LogP contribution in [0.1, 0.15) is 11.8 Å². The summed E-state index contributed by atoms with van der Waals surface area (Å²) in [5.74, 6) is 2.28. The van der Waals surface area contributed by atoms with E-state index in [1.54, 1.807) is 18.4 Å². The summed E-state index contributed by atoms with van der Waals surface area (Å²) in [5, 5.41) is 2.33. The van der Waals surface area contributed by atoms with Crippen molar-refractivity contribution in [3.63, 3.8) is 0 Å². The molecule has 3 aromatic carbocycles. The first-order valence-corrected chi connectivity index (χ1v) is 12.8. The van der Waals surface area contributed by atoms with Crippen LogP contribution in [0, 0.1) is 6.92 Å². The van der Waals surface area contributed by atoms with Gasteiger partial charge in [-0.25, -0.2) is 9.98 Å². The Morgan fingerprint density at radius 3 is 2.37 bits per heavy atom. The summed E-state index contributed by atoms with van der Waals surface area (Å²) < 4.78 is 18.3. The number of halogens is 1. The molecule has 0 fully saturated rings. The van der Waals surface area contributed by atoms with Crippen LogP contribution in [0.2, 0.25) is 0 Å². The Bertz CT molecular complexity index is 1550. The summed E-state index contributed by atoms with van der Waals surface area (Å²) in [6, 6.07) is 23.7. The maximum Gasteiger partial charge on any atom is 0.210 e. The van der Waals surface area contributed by atoms with Crippen molar-refractivity contribution in [2.24, 2.45) is 4.99 Å². The zero-order valence-corrected chi connectivity index (χ0v) is 21.9. The lowest BCUT2D eigenvalue weighted by atomic mass is 10.1. The number of thiazole rings is 1. The third-order valence-corrected chi connectivity index (χ3v) is 6.91. The molecule has 7 heteroatoms. The number of hydrogen-bond donors (Lipinski definition) is 0. The molecule has 176 valence electrons. The van der Waals surface area contributed by atoms with E-state index in [1.165, 1.54) is 0 Å². The van der Waals surface area contributed by atoms with E-state index in [2.05, 4.69) is 35.0 Å². The third-order valence-electron chi connectivity index (χ3n) is 5.52. The second-order valence-electron chi connectivity index (χ2n) is 7.84. The normalized spacial score (nSPS) is 11.7. The Morgan fingerprint density at radius 2 is 1.66 bits per heavy atom. The number of hydrogen-bond acceptors (Lipinski definition) is 6. The van der Waals surface area contributed by atoms with Crippen molar-refractivity contribution in [2.45, 2.75) is 13.8 Å². The first kappa shape index (κ1) is 23.3.